The van der Waals surface area contributed by atoms with E-state index in [0.29, 0.717) is 17.8 Å². The number of hydrogen-bond donors (Lipinski definition) is 1. The van der Waals surface area contributed by atoms with Crippen molar-refractivity contribution in [2.45, 2.75) is 33.9 Å². The van der Waals surface area contributed by atoms with E-state index in [0.717, 1.165) is 28.9 Å². The van der Waals surface area contributed by atoms with E-state index in [1.807, 2.05) is 25.5 Å². The molecule has 1 amide bonds. The molecule has 0 saturated carbocycles. The number of aryl methyl sites for hydroxylation is 3. The summed E-state index contributed by atoms with van der Waals surface area (Å²) in [4.78, 5) is 12.5. The minimum atomic E-state index is -0.311. The molecule has 0 saturated heterocycles. The molecular weight excluding hydrogens is 307 g/mol. The average Bonchev–Trinajstić information content (AvgIpc) is 3.02. The summed E-state index contributed by atoms with van der Waals surface area (Å²) >= 11 is 0. The summed E-state index contributed by atoms with van der Waals surface area (Å²) in [7, 11) is 1.77. The Balaban J connectivity index is 1.83. The molecule has 126 valence electrons. The van der Waals surface area contributed by atoms with Crippen molar-refractivity contribution in [2.24, 2.45) is 7.05 Å². The quantitative estimate of drug-likeness (QED) is 0.800. The minimum absolute atomic E-state index is 0.183. The zero-order valence-corrected chi connectivity index (χ0v) is 14.4. The maximum atomic E-state index is 13.4. The fourth-order valence-corrected chi connectivity index (χ4v) is 3.08. The summed E-state index contributed by atoms with van der Waals surface area (Å²) in [5.74, 6) is -0.494. The van der Waals surface area contributed by atoms with Crippen molar-refractivity contribution < 1.29 is 9.18 Å². The number of halogens is 1. The van der Waals surface area contributed by atoms with Crippen molar-refractivity contribution in [2.75, 3.05) is 0 Å². The summed E-state index contributed by atoms with van der Waals surface area (Å²) in [5.41, 5.74) is 4.23. The molecule has 24 heavy (non-hydrogen) atoms. The molecule has 0 spiro atoms. The van der Waals surface area contributed by atoms with Crippen LogP contribution in [0.2, 0.25) is 0 Å². The van der Waals surface area contributed by atoms with Gasteiger partial charge in [0.15, 0.2) is 0 Å². The molecule has 3 aromatic rings. The van der Waals surface area contributed by atoms with Crippen LogP contribution in [-0.4, -0.2) is 20.3 Å². The van der Waals surface area contributed by atoms with Crippen LogP contribution in [0.3, 0.4) is 0 Å². The smallest absolute Gasteiger partial charge is 0.268 e. The lowest BCUT2D eigenvalue weighted by Crippen LogP contribution is -2.25. The maximum absolute atomic E-state index is 13.4. The molecule has 0 fully saturated rings. The Morgan fingerprint density at radius 2 is 2.04 bits per heavy atom. The van der Waals surface area contributed by atoms with E-state index in [2.05, 4.69) is 10.4 Å². The number of nitrogens with zero attached hydrogens (tertiary/aromatic N) is 3. The van der Waals surface area contributed by atoms with Gasteiger partial charge in [0.1, 0.15) is 11.5 Å². The number of fused-ring (bicyclic) bond motifs is 1. The minimum Gasteiger partial charge on any atom is -0.347 e. The molecule has 5 nitrogen and oxygen atoms in total. The third-order valence-corrected chi connectivity index (χ3v) is 4.50. The Morgan fingerprint density at radius 3 is 2.71 bits per heavy atom. The van der Waals surface area contributed by atoms with Crippen molar-refractivity contribution in [3.05, 3.63) is 52.7 Å². The van der Waals surface area contributed by atoms with Gasteiger partial charge < -0.3 is 9.88 Å². The SMILES string of the molecule is CCn1nc(C)c(CNC(=O)c2cc3ccc(F)cc3n2C)c1C. The van der Waals surface area contributed by atoms with Gasteiger partial charge in [0, 0.05) is 36.8 Å². The number of benzene rings is 1. The average molecular weight is 328 g/mol. The first kappa shape index (κ1) is 16.2. The first-order chi connectivity index (χ1) is 11.4. The second kappa shape index (κ2) is 6.11. The number of hydrogen-bond acceptors (Lipinski definition) is 2. The Labute approximate surface area is 140 Å². The van der Waals surface area contributed by atoms with Gasteiger partial charge in [0.25, 0.3) is 5.91 Å². The van der Waals surface area contributed by atoms with E-state index in [4.69, 9.17) is 0 Å². The largest absolute Gasteiger partial charge is 0.347 e. The molecule has 0 aliphatic heterocycles. The fraction of sp³-hybridized carbons (Fsp3) is 0.333. The summed E-state index contributed by atoms with van der Waals surface area (Å²) in [6.07, 6.45) is 0. The van der Waals surface area contributed by atoms with Crippen LogP contribution in [0.15, 0.2) is 24.3 Å². The second-order valence-electron chi connectivity index (χ2n) is 5.94. The van der Waals surface area contributed by atoms with Crippen LogP contribution >= 0.6 is 0 Å². The summed E-state index contributed by atoms with van der Waals surface area (Å²) in [6, 6.07) is 6.29. The molecule has 0 unspecified atom stereocenters. The van der Waals surface area contributed by atoms with Crippen LogP contribution in [0.4, 0.5) is 4.39 Å². The number of carbonyl (C=O) groups excluding carboxylic acids is 1. The summed E-state index contributed by atoms with van der Waals surface area (Å²) in [5, 5.41) is 8.25. The van der Waals surface area contributed by atoms with Crippen LogP contribution in [0, 0.1) is 19.7 Å². The van der Waals surface area contributed by atoms with Gasteiger partial charge in [0.05, 0.1) is 11.2 Å². The topological polar surface area (TPSA) is 51.9 Å². The molecule has 1 N–H and O–H groups in total. The Bertz CT molecular complexity index is 923. The van der Waals surface area contributed by atoms with E-state index in [9.17, 15) is 9.18 Å². The molecule has 2 aromatic heterocycles. The number of amides is 1. The van der Waals surface area contributed by atoms with Gasteiger partial charge in [-0.2, -0.15) is 5.10 Å². The molecule has 0 aliphatic rings. The number of rotatable bonds is 4. The molecule has 2 heterocycles. The van der Waals surface area contributed by atoms with Crippen LogP contribution in [0.25, 0.3) is 10.9 Å². The third-order valence-electron chi connectivity index (χ3n) is 4.50. The van der Waals surface area contributed by atoms with E-state index in [1.165, 1.54) is 12.1 Å². The first-order valence-electron chi connectivity index (χ1n) is 7.98. The highest BCUT2D eigenvalue weighted by Crippen LogP contribution is 2.20. The maximum Gasteiger partial charge on any atom is 0.268 e. The standard InChI is InChI=1S/C18H21FN4O/c1-5-23-12(3)15(11(2)21-23)10-20-18(24)17-8-13-6-7-14(19)9-16(13)22(17)4/h6-9H,5,10H2,1-4H3,(H,20,24). The van der Waals surface area contributed by atoms with Crippen LogP contribution in [0.5, 0.6) is 0 Å². The summed E-state index contributed by atoms with van der Waals surface area (Å²) < 4.78 is 17.0. The zero-order chi connectivity index (χ0) is 17.4. The van der Waals surface area contributed by atoms with Gasteiger partial charge in [-0.1, -0.05) is 0 Å². The van der Waals surface area contributed by atoms with Crippen molar-refractivity contribution in [1.82, 2.24) is 19.7 Å². The highest BCUT2D eigenvalue weighted by atomic mass is 19.1. The predicted octanol–water partition coefficient (Wildman–Crippen LogP) is 3.08. The van der Waals surface area contributed by atoms with Crippen molar-refractivity contribution in [3.8, 4) is 0 Å². The van der Waals surface area contributed by atoms with Crippen molar-refractivity contribution in [1.29, 1.82) is 0 Å². The Kier molecular flexibility index (Phi) is 4.13. The molecule has 6 heteroatoms. The van der Waals surface area contributed by atoms with Crippen molar-refractivity contribution >= 4 is 16.8 Å². The highest BCUT2D eigenvalue weighted by molar-refractivity contribution is 5.98. The first-order valence-corrected chi connectivity index (χ1v) is 7.98. The van der Waals surface area contributed by atoms with E-state index in [1.54, 1.807) is 23.7 Å². The van der Waals surface area contributed by atoms with Gasteiger partial charge in [-0.05, 0) is 45.0 Å². The van der Waals surface area contributed by atoms with Gasteiger partial charge in [0.2, 0.25) is 0 Å². The lowest BCUT2D eigenvalue weighted by atomic mass is 10.2. The number of carbonyl (C=O) groups is 1. The van der Waals surface area contributed by atoms with Crippen molar-refractivity contribution in [3.63, 3.8) is 0 Å². The number of nitrogens with one attached hydrogen (secondary N) is 1. The molecule has 1 aromatic carbocycles. The number of aromatic nitrogens is 3. The monoisotopic (exact) mass is 328 g/mol. The molecule has 0 bridgehead atoms. The third kappa shape index (κ3) is 2.68. The van der Waals surface area contributed by atoms with Crippen LogP contribution in [-0.2, 0) is 20.1 Å². The molecule has 0 aliphatic carbocycles. The van der Waals surface area contributed by atoms with Gasteiger partial charge >= 0.3 is 0 Å². The van der Waals surface area contributed by atoms with E-state index < -0.39 is 0 Å². The summed E-state index contributed by atoms with van der Waals surface area (Å²) in [6.45, 7) is 7.21. The normalized spacial score (nSPS) is 11.2. The fourth-order valence-electron chi connectivity index (χ4n) is 3.08. The van der Waals surface area contributed by atoms with Crippen LogP contribution < -0.4 is 5.32 Å². The highest BCUT2D eigenvalue weighted by Gasteiger charge is 2.16. The van der Waals surface area contributed by atoms with Gasteiger partial charge in [-0.25, -0.2) is 4.39 Å². The van der Waals surface area contributed by atoms with Gasteiger partial charge in [-0.15, -0.1) is 0 Å². The van der Waals surface area contributed by atoms with Gasteiger partial charge in [-0.3, -0.25) is 9.48 Å². The Hall–Kier alpha value is -2.63. The lowest BCUT2D eigenvalue weighted by molar-refractivity contribution is 0.0943. The molecule has 0 radical (unpaired) electrons. The predicted molar refractivity (Wildman–Crippen MR) is 91.4 cm³/mol. The zero-order valence-electron chi connectivity index (χ0n) is 14.4. The molecule has 0 atom stereocenters. The second-order valence-corrected chi connectivity index (χ2v) is 5.94. The molecular formula is C18H21FN4O. The molecule has 3 rings (SSSR count). The van der Waals surface area contributed by atoms with Crippen LogP contribution in [0.1, 0.15) is 34.4 Å². The van der Waals surface area contributed by atoms with E-state index in [-0.39, 0.29) is 11.7 Å². The lowest BCUT2D eigenvalue weighted by Gasteiger charge is -2.07. The Morgan fingerprint density at radius 1 is 1.29 bits per heavy atom. The van der Waals surface area contributed by atoms with E-state index >= 15 is 0 Å².